The number of halogens is 2. The average Bonchev–Trinajstić information content (AvgIpc) is 2.98. The molecule has 1 unspecified atom stereocenters. The van der Waals surface area contributed by atoms with Gasteiger partial charge in [-0.25, -0.2) is 13.8 Å². The molecule has 0 spiro atoms. The maximum Gasteiger partial charge on any atom is 0.178 e. The number of hydrogen-bond acceptors (Lipinski definition) is 5. The molecule has 1 atom stereocenters. The molecule has 1 aromatic carbocycles. The SMILES string of the molecule is O=C(c1c(F)ccc(OCCO)c1F)C1CNc2ncccc21. The van der Waals surface area contributed by atoms with E-state index < -0.39 is 28.9 Å². The van der Waals surface area contributed by atoms with Crippen LogP contribution in [-0.2, 0) is 0 Å². The largest absolute Gasteiger partial charge is 0.488 e. The minimum absolute atomic E-state index is 0.145. The number of nitrogens with zero attached hydrogens (tertiary/aromatic N) is 1. The van der Waals surface area contributed by atoms with Gasteiger partial charge in [-0.15, -0.1) is 0 Å². The summed E-state index contributed by atoms with van der Waals surface area (Å²) in [5, 5.41) is 11.7. The summed E-state index contributed by atoms with van der Waals surface area (Å²) in [4.78, 5) is 16.7. The van der Waals surface area contributed by atoms with Gasteiger partial charge in [0.1, 0.15) is 18.2 Å². The molecule has 5 nitrogen and oxygen atoms in total. The Hall–Kier alpha value is -2.54. The highest BCUT2D eigenvalue weighted by molar-refractivity contribution is 6.03. The Morgan fingerprint density at radius 1 is 1.39 bits per heavy atom. The standard InChI is InChI=1S/C16H14F2N2O3/c17-11-3-4-12(23-7-6-21)14(18)13(11)15(22)10-8-20-16-9(10)2-1-5-19-16/h1-5,10,21H,6-8H2,(H,19,20). The molecule has 120 valence electrons. The maximum atomic E-state index is 14.4. The first kappa shape index (κ1) is 15.4. The monoisotopic (exact) mass is 320 g/mol. The van der Waals surface area contributed by atoms with E-state index >= 15 is 0 Å². The molecule has 2 aromatic rings. The van der Waals surface area contributed by atoms with Crippen molar-refractivity contribution < 1.29 is 23.4 Å². The lowest BCUT2D eigenvalue weighted by atomic mass is 9.92. The Morgan fingerprint density at radius 3 is 3.00 bits per heavy atom. The Balaban J connectivity index is 1.97. The molecule has 0 aliphatic carbocycles. The quantitative estimate of drug-likeness (QED) is 0.826. The van der Waals surface area contributed by atoms with Gasteiger partial charge in [-0.05, 0) is 18.2 Å². The first-order valence-corrected chi connectivity index (χ1v) is 7.08. The van der Waals surface area contributed by atoms with Crippen LogP contribution in [0.25, 0.3) is 0 Å². The summed E-state index contributed by atoms with van der Waals surface area (Å²) in [7, 11) is 0. The summed E-state index contributed by atoms with van der Waals surface area (Å²) in [6.45, 7) is -0.231. The van der Waals surface area contributed by atoms with Gasteiger partial charge in [-0.3, -0.25) is 4.79 Å². The third-order valence-electron chi connectivity index (χ3n) is 3.66. The lowest BCUT2D eigenvalue weighted by Crippen LogP contribution is -2.18. The van der Waals surface area contributed by atoms with Crippen molar-refractivity contribution in [2.75, 3.05) is 25.1 Å². The molecule has 1 aliphatic rings. The van der Waals surface area contributed by atoms with Crippen molar-refractivity contribution in [1.29, 1.82) is 0 Å². The molecule has 0 saturated carbocycles. The zero-order chi connectivity index (χ0) is 16.4. The van der Waals surface area contributed by atoms with E-state index in [-0.39, 0.29) is 25.5 Å². The number of carbonyl (C=O) groups excluding carboxylic acids is 1. The first-order chi connectivity index (χ1) is 11.1. The van der Waals surface area contributed by atoms with Crippen molar-refractivity contribution in [2.24, 2.45) is 0 Å². The number of carbonyl (C=O) groups is 1. The van der Waals surface area contributed by atoms with Gasteiger partial charge in [-0.2, -0.15) is 0 Å². The maximum absolute atomic E-state index is 14.4. The molecule has 1 aromatic heterocycles. The number of nitrogens with one attached hydrogen (secondary N) is 1. The van der Waals surface area contributed by atoms with E-state index in [1.165, 1.54) is 0 Å². The molecule has 2 heterocycles. The Labute approximate surface area is 130 Å². The molecule has 0 saturated heterocycles. The number of hydrogen-bond donors (Lipinski definition) is 2. The van der Waals surface area contributed by atoms with E-state index in [1.54, 1.807) is 18.3 Å². The fourth-order valence-electron chi connectivity index (χ4n) is 2.59. The lowest BCUT2D eigenvalue weighted by molar-refractivity contribution is 0.0956. The first-order valence-electron chi connectivity index (χ1n) is 7.08. The zero-order valence-corrected chi connectivity index (χ0v) is 12.1. The molecule has 0 fully saturated rings. The van der Waals surface area contributed by atoms with Crippen molar-refractivity contribution in [3.05, 3.63) is 53.2 Å². The number of ether oxygens (including phenoxy) is 1. The second-order valence-corrected chi connectivity index (χ2v) is 5.05. The van der Waals surface area contributed by atoms with Gasteiger partial charge < -0.3 is 15.2 Å². The average molecular weight is 320 g/mol. The number of rotatable bonds is 5. The van der Waals surface area contributed by atoms with Crippen molar-refractivity contribution >= 4 is 11.6 Å². The van der Waals surface area contributed by atoms with Crippen LogP contribution < -0.4 is 10.1 Å². The van der Waals surface area contributed by atoms with Gasteiger partial charge in [0, 0.05) is 18.3 Å². The predicted octanol–water partition coefficient (Wildman–Crippen LogP) is 2.12. The molecule has 0 radical (unpaired) electrons. The smallest absolute Gasteiger partial charge is 0.178 e. The van der Waals surface area contributed by atoms with Crippen molar-refractivity contribution in [3.63, 3.8) is 0 Å². The molecule has 2 N–H and O–H groups in total. The molecule has 0 bridgehead atoms. The summed E-state index contributed by atoms with van der Waals surface area (Å²) in [5.41, 5.74) is -0.0260. The van der Waals surface area contributed by atoms with Crippen molar-refractivity contribution in [2.45, 2.75) is 5.92 Å². The van der Waals surface area contributed by atoms with Crippen LogP contribution in [0, 0.1) is 11.6 Å². The normalized spacial score (nSPS) is 15.9. The van der Waals surface area contributed by atoms with Gasteiger partial charge in [0.15, 0.2) is 17.3 Å². The van der Waals surface area contributed by atoms with Crippen LogP contribution in [0.5, 0.6) is 5.75 Å². The highest BCUT2D eigenvalue weighted by Gasteiger charge is 2.34. The molecule has 1 aliphatic heterocycles. The topological polar surface area (TPSA) is 71.5 Å². The van der Waals surface area contributed by atoms with E-state index in [1.807, 2.05) is 0 Å². The van der Waals surface area contributed by atoms with E-state index in [2.05, 4.69) is 10.3 Å². The van der Waals surface area contributed by atoms with Crippen LogP contribution >= 0.6 is 0 Å². The fraction of sp³-hybridized carbons (Fsp3) is 0.250. The molecule has 23 heavy (non-hydrogen) atoms. The fourth-order valence-corrected chi connectivity index (χ4v) is 2.59. The number of fused-ring (bicyclic) bond motifs is 1. The number of aliphatic hydroxyl groups excluding tert-OH is 1. The Morgan fingerprint density at radius 2 is 2.22 bits per heavy atom. The molecule has 7 heteroatoms. The molecule has 0 amide bonds. The van der Waals surface area contributed by atoms with Gasteiger partial charge >= 0.3 is 0 Å². The van der Waals surface area contributed by atoms with Crippen LogP contribution in [0.3, 0.4) is 0 Å². The second-order valence-electron chi connectivity index (χ2n) is 5.05. The summed E-state index contributed by atoms with van der Waals surface area (Å²) in [6, 6.07) is 5.45. The van der Waals surface area contributed by atoms with Crippen molar-refractivity contribution in [1.82, 2.24) is 4.98 Å². The van der Waals surface area contributed by atoms with E-state index in [0.717, 1.165) is 12.1 Å². The van der Waals surface area contributed by atoms with Crippen LogP contribution in [0.15, 0.2) is 30.5 Å². The molecule has 3 rings (SSSR count). The van der Waals surface area contributed by atoms with E-state index in [0.29, 0.717) is 11.4 Å². The lowest BCUT2D eigenvalue weighted by Gasteiger charge is -2.13. The number of pyridine rings is 1. The van der Waals surface area contributed by atoms with E-state index in [4.69, 9.17) is 9.84 Å². The molecular formula is C16H14F2N2O3. The number of aromatic nitrogens is 1. The summed E-state index contributed by atoms with van der Waals surface area (Å²) >= 11 is 0. The third-order valence-corrected chi connectivity index (χ3v) is 3.66. The second kappa shape index (κ2) is 6.29. The number of Topliss-reactive ketones (excluding diaryl/α,β-unsaturated/α-hetero) is 1. The van der Waals surface area contributed by atoms with Crippen molar-refractivity contribution in [3.8, 4) is 5.75 Å². The number of benzene rings is 1. The molecular weight excluding hydrogens is 306 g/mol. The van der Waals surface area contributed by atoms with E-state index in [9.17, 15) is 13.6 Å². The number of ketones is 1. The van der Waals surface area contributed by atoms with Crippen LogP contribution in [-0.4, -0.2) is 35.6 Å². The van der Waals surface area contributed by atoms with Gasteiger partial charge in [0.05, 0.1) is 18.1 Å². The zero-order valence-electron chi connectivity index (χ0n) is 12.1. The summed E-state index contributed by atoms with van der Waals surface area (Å²) in [6.07, 6.45) is 1.57. The van der Waals surface area contributed by atoms with Gasteiger partial charge in [-0.1, -0.05) is 6.07 Å². The van der Waals surface area contributed by atoms with Gasteiger partial charge in [0.25, 0.3) is 0 Å². The third kappa shape index (κ3) is 2.75. The Kier molecular flexibility index (Phi) is 4.20. The van der Waals surface area contributed by atoms with Gasteiger partial charge in [0.2, 0.25) is 0 Å². The summed E-state index contributed by atoms with van der Waals surface area (Å²) < 4.78 is 33.5. The summed E-state index contributed by atoms with van der Waals surface area (Å²) in [5.74, 6) is -3.10. The number of anilines is 1. The van der Waals surface area contributed by atoms with Crippen LogP contribution in [0.4, 0.5) is 14.6 Å². The minimum Gasteiger partial charge on any atom is -0.488 e. The highest BCUT2D eigenvalue weighted by atomic mass is 19.1. The minimum atomic E-state index is -1.05. The van der Waals surface area contributed by atoms with Crippen LogP contribution in [0.2, 0.25) is 0 Å². The Bertz CT molecular complexity index is 752. The number of aliphatic hydroxyl groups is 1. The predicted molar refractivity (Wildman–Crippen MR) is 78.7 cm³/mol. The van der Waals surface area contributed by atoms with Crippen LogP contribution in [0.1, 0.15) is 21.8 Å². The highest BCUT2D eigenvalue weighted by Crippen LogP contribution is 2.34.